The molecular weight excluding hydrogens is 428 g/mol. The molecule has 0 radical (unpaired) electrons. The van der Waals surface area contributed by atoms with Gasteiger partial charge in [0.05, 0.1) is 12.2 Å². The summed E-state index contributed by atoms with van der Waals surface area (Å²) in [7, 11) is 0. The van der Waals surface area contributed by atoms with Crippen LogP contribution in [-0.4, -0.2) is 46.5 Å². The minimum absolute atomic E-state index is 0.187. The van der Waals surface area contributed by atoms with Crippen molar-refractivity contribution in [3.05, 3.63) is 52.7 Å². The summed E-state index contributed by atoms with van der Waals surface area (Å²) in [6, 6.07) is 6.77. The molecule has 174 valence electrons. The third-order valence-electron chi connectivity index (χ3n) is 7.26. The third-order valence-corrected chi connectivity index (χ3v) is 7.46. The molecule has 0 bridgehead atoms. The van der Waals surface area contributed by atoms with Crippen molar-refractivity contribution in [1.82, 2.24) is 14.9 Å². The number of hydrogen-bond acceptors (Lipinski definition) is 7. The Morgan fingerprint density at radius 2 is 2.03 bits per heavy atom. The topological polar surface area (TPSA) is 56.7 Å². The molecule has 0 unspecified atom stereocenters. The lowest BCUT2D eigenvalue weighted by molar-refractivity contribution is 0.308. The zero-order valence-electron chi connectivity index (χ0n) is 19.9. The highest BCUT2D eigenvalue weighted by Crippen LogP contribution is 2.41. The van der Waals surface area contributed by atoms with Gasteiger partial charge in [-0.1, -0.05) is 19.9 Å². The van der Waals surface area contributed by atoms with Crippen molar-refractivity contribution < 1.29 is 0 Å². The van der Waals surface area contributed by atoms with E-state index in [4.69, 9.17) is 0 Å². The Balaban J connectivity index is 1.41. The molecule has 5 rings (SSSR count). The van der Waals surface area contributed by atoms with E-state index in [0.717, 1.165) is 80.6 Å². The number of nitrogens with zero attached hydrogens (tertiary/aromatic N) is 5. The lowest BCUT2D eigenvalue weighted by Crippen LogP contribution is -2.38. The maximum atomic E-state index is 4.68. The second-order valence-electron chi connectivity index (χ2n) is 9.97. The Hall–Kier alpha value is -2.54. The average molecular weight is 463 g/mol. The predicted molar refractivity (Wildman–Crippen MR) is 140 cm³/mol. The van der Waals surface area contributed by atoms with E-state index in [1.54, 1.807) is 6.33 Å². The summed E-state index contributed by atoms with van der Waals surface area (Å²) in [5.41, 5.74) is 7.68. The van der Waals surface area contributed by atoms with Gasteiger partial charge < -0.3 is 15.1 Å². The van der Waals surface area contributed by atoms with Crippen molar-refractivity contribution >= 4 is 36.0 Å². The molecule has 2 aromatic rings. The quantitative estimate of drug-likeness (QED) is 0.606. The molecule has 1 aromatic carbocycles. The van der Waals surface area contributed by atoms with Gasteiger partial charge in [-0.25, -0.2) is 15.0 Å². The fraction of sp³-hybridized carbons (Fsp3) is 0.500. The predicted octanol–water partition coefficient (Wildman–Crippen LogP) is 5.09. The largest absolute Gasteiger partial charge is 0.370 e. The van der Waals surface area contributed by atoms with Crippen molar-refractivity contribution in [2.75, 3.05) is 35.6 Å². The minimum Gasteiger partial charge on any atom is -0.370 e. The number of rotatable bonds is 5. The number of benzene rings is 1. The highest BCUT2D eigenvalue weighted by atomic mass is 32.1. The minimum atomic E-state index is 0.187. The average Bonchev–Trinajstić information content (AvgIpc) is 2.81. The van der Waals surface area contributed by atoms with Crippen molar-refractivity contribution in [1.29, 1.82) is 0 Å². The number of nitrogens with one attached hydrogen (secondary N) is 1. The van der Waals surface area contributed by atoms with Crippen LogP contribution in [-0.2, 0) is 18.4 Å². The molecule has 33 heavy (non-hydrogen) atoms. The first-order chi connectivity index (χ1) is 16.0. The molecule has 6 nitrogen and oxygen atoms in total. The van der Waals surface area contributed by atoms with Crippen LogP contribution in [0.5, 0.6) is 0 Å². The van der Waals surface area contributed by atoms with Gasteiger partial charge in [-0.05, 0) is 61.3 Å². The first kappa shape index (κ1) is 22.3. The van der Waals surface area contributed by atoms with Crippen LogP contribution in [0.4, 0.5) is 17.2 Å². The molecule has 3 aliphatic rings. The Kier molecular flexibility index (Phi) is 6.08. The molecule has 0 spiro atoms. The molecule has 0 amide bonds. The first-order valence-electron chi connectivity index (χ1n) is 12.0. The Morgan fingerprint density at radius 1 is 1.15 bits per heavy atom. The van der Waals surface area contributed by atoms with E-state index in [-0.39, 0.29) is 5.41 Å². The van der Waals surface area contributed by atoms with Crippen LogP contribution >= 0.6 is 12.6 Å². The van der Waals surface area contributed by atoms with E-state index in [9.17, 15) is 0 Å². The van der Waals surface area contributed by atoms with E-state index >= 15 is 0 Å². The van der Waals surface area contributed by atoms with Gasteiger partial charge >= 0.3 is 0 Å². The lowest BCUT2D eigenvalue weighted by Gasteiger charge is -2.40. The van der Waals surface area contributed by atoms with Crippen LogP contribution in [0.15, 0.2) is 40.9 Å². The van der Waals surface area contributed by atoms with Crippen LogP contribution in [0.1, 0.15) is 56.9 Å². The van der Waals surface area contributed by atoms with E-state index in [1.165, 1.54) is 22.4 Å². The number of aromatic nitrogens is 2. The standard InChI is InChI=1S/C26H34N6S/c1-18-5-4-10-27-25(18)32-11-8-20-22(16-32)28-17-29-24(20)30-19-6-7-21-23(15-19)31(13-14-33)12-9-26(21,2)3/h6-7,10,15,17,33H,4-5,8-9,11-14,16H2,1-3H3,(H,28,29,30). The van der Waals surface area contributed by atoms with Gasteiger partial charge in [0.25, 0.3) is 0 Å². The van der Waals surface area contributed by atoms with Crippen molar-refractivity contribution in [2.45, 2.75) is 58.4 Å². The van der Waals surface area contributed by atoms with Gasteiger partial charge in [0.15, 0.2) is 0 Å². The summed E-state index contributed by atoms with van der Waals surface area (Å²) in [6.45, 7) is 10.6. The molecule has 7 heteroatoms. The lowest BCUT2D eigenvalue weighted by atomic mass is 9.77. The van der Waals surface area contributed by atoms with Crippen LogP contribution < -0.4 is 10.2 Å². The van der Waals surface area contributed by atoms with Crippen molar-refractivity contribution in [2.24, 2.45) is 4.99 Å². The molecule has 0 aliphatic carbocycles. The highest BCUT2D eigenvalue weighted by molar-refractivity contribution is 7.80. The number of allylic oxidation sites excluding steroid dienone is 1. The number of hydrogen-bond donors (Lipinski definition) is 2. The smallest absolute Gasteiger partial charge is 0.137 e. The second-order valence-corrected chi connectivity index (χ2v) is 10.4. The summed E-state index contributed by atoms with van der Waals surface area (Å²) in [6.07, 6.45) is 7.94. The summed E-state index contributed by atoms with van der Waals surface area (Å²) in [4.78, 5) is 18.8. The molecule has 1 aromatic heterocycles. The maximum absolute atomic E-state index is 4.68. The summed E-state index contributed by atoms with van der Waals surface area (Å²) < 4.78 is 0. The van der Waals surface area contributed by atoms with E-state index < -0.39 is 0 Å². The molecule has 0 atom stereocenters. The van der Waals surface area contributed by atoms with Gasteiger partial charge in [0.2, 0.25) is 0 Å². The maximum Gasteiger partial charge on any atom is 0.137 e. The second kappa shape index (κ2) is 9.01. The molecule has 4 heterocycles. The fourth-order valence-corrected chi connectivity index (χ4v) is 5.49. The molecule has 0 saturated heterocycles. The van der Waals surface area contributed by atoms with Crippen LogP contribution in [0, 0.1) is 0 Å². The summed E-state index contributed by atoms with van der Waals surface area (Å²) >= 11 is 4.49. The van der Waals surface area contributed by atoms with E-state index in [0.29, 0.717) is 0 Å². The van der Waals surface area contributed by atoms with Gasteiger partial charge in [-0.15, -0.1) is 0 Å². The van der Waals surface area contributed by atoms with E-state index in [1.807, 2.05) is 6.21 Å². The summed E-state index contributed by atoms with van der Waals surface area (Å²) in [5, 5.41) is 3.62. The summed E-state index contributed by atoms with van der Waals surface area (Å²) in [5.74, 6) is 2.91. The number of anilines is 3. The zero-order chi connectivity index (χ0) is 23.0. The SMILES string of the molecule is CC1=C(N2CCc3c(ncnc3Nc3ccc4c(c3)N(CCS)CCC4(C)C)C2)N=CCC1. The third kappa shape index (κ3) is 4.35. The van der Waals surface area contributed by atoms with Gasteiger partial charge in [-0.3, -0.25) is 0 Å². The molecule has 0 fully saturated rings. The highest BCUT2D eigenvalue weighted by Gasteiger charge is 2.31. The Bertz CT molecular complexity index is 1110. The van der Waals surface area contributed by atoms with Crippen LogP contribution in [0.3, 0.4) is 0 Å². The van der Waals surface area contributed by atoms with Crippen LogP contribution in [0.25, 0.3) is 0 Å². The molecular formula is C26H34N6S. The van der Waals surface area contributed by atoms with Gasteiger partial charge in [0.1, 0.15) is 18.0 Å². The molecule has 0 saturated carbocycles. The molecule has 1 N–H and O–H groups in total. The number of aliphatic imine (C=N–C) groups is 1. The number of thiol groups is 1. The van der Waals surface area contributed by atoms with Gasteiger partial charge in [-0.2, -0.15) is 12.6 Å². The van der Waals surface area contributed by atoms with Gasteiger partial charge in [0, 0.05) is 48.5 Å². The molecule has 3 aliphatic heterocycles. The number of fused-ring (bicyclic) bond motifs is 2. The van der Waals surface area contributed by atoms with Crippen LogP contribution in [0.2, 0.25) is 0 Å². The zero-order valence-corrected chi connectivity index (χ0v) is 20.8. The van der Waals surface area contributed by atoms with Crippen molar-refractivity contribution in [3.63, 3.8) is 0 Å². The van der Waals surface area contributed by atoms with Crippen molar-refractivity contribution in [3.8, 4) is 0 Å². The Morgan fingerprint density at radius 3 is 2.85 bits per heavy atom. The normalized spacial score (nSPS) is 19.4. The Labute approximate surface area is 202 Å². The monoisotopic (exact) mass is 462 g/mol. The fourth-order valence-electron chi connectivity index (χ4n) is 5.25. The van der Waals surface area contributed by atoms with E-state index in [2.05, 4.69) is 81.7 Å². The first-order valence-corrected chi connectivity index (χ1v) is 12.7.